The molecule has 0 spiro atoms. The second kappa shape index (κ2) is 6.31. The molecule has 1 saturated carbocycles. The van der Waals surface area contributed by atoms with Gasteiger partial charge in [-0.15, -0.1) is 24.8 Å². The Bertz CT molecular complexity index is 273. The normalized spacial score (nSPS) is 16.1. The maximum Gasteiger partial charge on any atom is 0.0299 e. The van der Waals surface area contributed by atoms with Crippen molar-refractivity contribution in [2.45, 2.75) is 31.2 Å². The predicted molar refractivity (Wildman–Crippen MR) is 68.1 cm³/mol. The van der Waals surface area contributed by atoms with Crippen LogP contribution >= 0.6 is 24.8 Å². The fourth-order valence-electron chi connectivity index (χ4n) is 1.71. The molecule has 1 aliphatic carbocycles. The largest absolute Gasteiger partial charge is 0.314 e. The summed E-state index contributed by atoms with van der Waals surface area (Å²) in [5.74, 6) is 0. The number of hydrogen-bond donors (Lipinski definition) is 1. The van der Waals surface area contributed by atoms with E-state index in [9.17, 15) is 0 Å². The van der Waals surface area contributed by atoms with Crippen molar-refractivity contribution in [2.75, 3.05) is 7.05 Å². The first kappa shape index (κ1) is 14.7. The molecule has 0 bridgehead atoms. The van der Waals surface area contributed by atoms with Crippen LogP contribution in [-0.2, 0) is 6.42 Å². The van der Waals surface area contributed by atoms with Gasteiger partial charge in [0.15, 0.2) is 0 Å². The summed E-state index contributed by atoms with van der Waals surface area (Å²) in [5, 5.41) is 3.40. The first-order valence-corrected chi connectivity index (χ1v) is 4.92. The summed E-state index contributed by atoms with van der Waals surface area (Å²) in [7, 11) is 2.07. The van der Waals surface area contributed by atoms with Crippen molar-refractivity contribution in [2.24, 2.45) is 0 Å². The monoisotopic (exact) mass is 248 g/mol. The topological polar surface area (TPSA) is 24.9 Å². The second-order valence-corrected chi connectivity index (χ2v) is 3.89. The molecule has 0 aromatic carbocycles. The van der Waals surface area contributed by atoms with Crippen LogP contribution in [0, 0.1) is 0 Å². The van der Waals surface area contributed by atoms with Gasteiger partial charge in [0, 0.05) is 17.9 Å². The van der Waals surface area contributed by atoms with Gasteiger partial charge in [-0.3, -0.25) is 4.98 Å². The van der Waals surface area contributed by atoms with Crippen molar-refractivity contribution >= 4 is 24.8 Å². The number of halogens is 2. The molecule has 0 amide bonds. The smallest absolute Gasteiger partial charge is 0.0299 e. The third-order valence-corrected chi connectivity index (χ3v) is 3.00. The average Bonchev–Trinajstić information content (AvgIpc) is 2.97. The van der Waals surface area contributed by atoms with Crippen molar-refractivity contribution < 1.29 is 0 Å². The van der Waals surface area contributed by atoms with Crippen molar-refractivity contribution in [1.29, 1.82) is 0 Å². The molecule has 4 heteroatoms. The average molecular weight is 249 g/mol. The summed E-state index contributed by atoms with van der Waals surface area (Å²) in [4.78, 5) is 4.11. The van der Waals surface area contributed by atoms with Crippen molar-refractivity contribution in [3.8, 4) is 0 Å². The van der Waals surface area contributed by atoms with E-state index in [2.05, 4.69) is 23.4 Å². The van der Waals surface area contributed by atoms with E-state index in [1.54, 1.807) is 0 Å². The van der Waals surface area contributed by atoms with E-state index >= 15 is 0 Å². The molecule has 1 aromatic heterocycles. The summed E-state index contributed by atoms with van der Waals surface area (Å²) >= 11 is 0. The molecule has 1 aromatic rings. The molecular formula is C11H18Cl2N2. The molecule has 0 radical (unpaired) electrons. The Morgan fingerprint density at radius 3 is 2.60 bits per heavy atom. The van der Waals surface area contributed by atoms with Crippen LogP contribution in [0.1, 0.15) is 24.8 Å². The predicted octanol–water partition coefficient (Wildman–Crippen LogP) is 2.61. The first-order valence-electron chi connectivity index (χ1n) is 4.92. The van der Waals surface area contributed by atoms with Crippen LogP contribution in [0.3, 0.4) is 0 Å². The lowest BCUT2D eigenvalue weighted by Gasteiger charge is -2.12. The zero-order chi connectivity index (χ0) is 9.15. The van der Waals surface area contributed by atoms with Gasteiger partial charge in [0.05, 0.1) is 0 Å². The summed E-state index contributed by atoms with van der Waals surface area (Å²) in [6, 6.07) is 4.16. The van der Waals surface area contributed by atoms with Crippen LogP contribution in [0.2, 0.25) is 0 Å². The summed E-state index contributed by atoms with van der Waals surface area (Å²) in [5.41, 5.74) is 1.82. The Morgan fingerprint density at radius 1 is 1.40 bits per heavy atom. The van der Waals surface area contributed by atoms with E-state index in [1.165, 1.54) is 24.8 Å². The molecule has 1 fully saturated rings. The van der Waals surface area contributed by atoms with E-state index in [1.807, 2.05) is 18.5 Å². The summed E-state index contributed by atoms with van der Waals surface area (Å²) in [6.07, 6.45) is 8.86. The Kier molecular flexibility index (Phi) is 6.18. The van der Waals surface area contributed by atoms with Crippen molar-refractivity contribution in [1.82, 2.24) is 10.3 Å². The molecule has 0 aliphatic heterocycles. The number of aromatic nitrogens is 1. The molecule has 1 heterocycles. The zero-order valence-corrected chi connectivity index (χ0v) is 10.5. The van der Waals surface area contributed by atoms with Gasteiger partial charge < -0.3 is 5.32 Å². The van der Waals surface area contributed by atoms with Gasteiger partial charge in [-0.05, 0) is 44.4 Å². The van der Waals surface area contributed by atoms with Crippen LogP contribution < -0.4 is 5.32 Å². The SMILES string of the molecule is CNC1(CCc2cccnc2)CC1.Cl.Cl. The zero-order valence-electron chi connectivity index (χ0n) is 8.90. The molecule has 0 saturated heterocycles. The first-order chi connectivity index (χ1) is 6.35. The molecule has 1 N–H and O–H groups in total. The van der Waals surface area contributed by atoms with Crippen LogP contribution in [0.15, 0.2) is 24.5 Å². The van der Waals surface area contributed by atoms with Gasteiger partial charge in [0.25, 0.3) is 0 Å². The maximum atomic E-state index is 4.11. The second-order valence-electron chi connectivity index (χ2n) is 3.89. The fraction of sp³-hybridized carbons (Fsp3) is 0.545. The van der Waals surface area contributed by atoms with Crippen LogP contribution in [-0.4, -0.2) is 17.6 Å². The van der Waals surface area contributed by atoms with Gasteiger partial charge in [0.1, 0.15) is 0 Å². The van der Waals surface area contributed by atoms with Crippen LogP contribution in [0.4, 0.5) is 0 Å². The number of pyridine rings is 1. The lowest BCUT2D eigenvalue weighted by atomic mass is 10.1. The third kappa shape index (κ3) is 3.98. The van der Waals surface area contributed by atoms with Gasteiger partial charge in [-0.25, -0.2) is 0 Å². The van der Waals surface area contributed by atoms with Crippen molar-refractivity contribution in [3.63, 3.8) is 0 Å². The highest BCUT2D eigenvalue weighted by molar-refractivity contribution is 5.85. The van der Waals surface area contributed by atoms with E-state index in [4.69, 9.17) is 0 Å². The number of rotatable bonds is 4. The Hall–Kier alpha value is -0.310. The molecule has 2 rings (SSSR count). The molecule has 15 heavy (non-hydrogen) atoms. The number of nitrogens with zero attached hydrogens (tertiary/aromatic N) is 1. The minimum absolute atomic E-state index is 0. The molecular weight excluding hydrogens is 231 g/mol. The number of aryl methyl sites for hydroxylation is 1. The van der Waals surface area contributed by atoms with E-state index in [0.29, 0.717) is 5.54 Å². The molecule has 0 atom stereocenters. The number of nitrogens with one attached hydrogen (secondary N) is 1. The summed E-state index contributed by atoms with van der Waals surface area (Å²) in [6.45, 7) is 0. The van der Waals surface area contributed by atoms with Crippen LogP contribution in [0.25, 0.3) is 0 Å². The Balaban J connectivity index is 0.000000980. The Morgan fingerprint density at radius 2 is 2.13 bits per heavy atom. The lowest BCUT2D eigenvalue weighted by Crippen LogP contribution is -2.27. The molecule has 2 nitrogen and oxygen atoms in total. The molecule has 0 unspecified atom stereocenters. The minimum atomic E-state index is 0. The molecule has 1 aliphatic rings. The van der Waals surface area contributed by atoms with Crippen molar-refractivity contribution in [3.05, 3.63) is 30.1 Å². The molecule has 86 valence electrons. The van der Waals surface area contributed by atoms with E-state index in [0.717, 1.165) is 6.42 Å². The van der Waals surface area contributed by atoms with Crippen LogP contribution in [0.5, 0.6) is 0 Å². The van der Waals surface area contributed by atoms with E-state index < -0.39 is 0 Å². The highest BCUT2D eigenvalue weighted by atomic mass is 35.5. The third-order valence-electron chi connectivity index (χ3n) is 3.00. The maximum absolute atomic E-state index is 4.11. The number of hydrogen-bond acceptors (Lipinski definition) is 2. The van der Waals surface area contributed by atoms with E-state index in [-0.39, 0.29) is 24.8 Å². The fourth-order valence-corrected chi connectivity index (χ4v) is 1.71. The summed E-state index contributed by atoms with van der Waals surface area (Å²) < 4.78 is 0. The van der Waals surface area contributed by atoms with Gasteiger partial charge in [-0.2, -0.15) is 0 Å². The van der Waals surface area contributed by atoms with Gasteiger partial charge in [0.2, 0.25) is 0 Å². The minimum Gasteiger partial charge on any atom is -0.314 e. The Labute approximate surface area is 104 Å². The quantitative estimate of drug-likeness (QED) is 0.887. The highest BCUT2D eigenvalue weighted by Gasteiger charge is 2.39. The standard InChI is InChI=1S/C11H16N2.2ClH/c1-12-11(6-7-11)5-4-10-3-2-8-13-9-10;;/h2-3,8-9,12H,4-7H2,1H3;2*1H. The van der Waals surface area contributed by atoms with Gasteiger partial charge >= 0.3 is 0 Å². The lowest BCUT2D eigenvalue weighted by molar-refractivity contribution is 0.509. The highest BCUT2D eigenvalue weighted by Crippen LogP contribution is 2.38. The van der Waals surface area contributed by atoms with Gasteiger partial charge in [-0.1, -0.05) is 6.07 Å².